The fourth-order valence-electron chi connectivity index (χ4n) is 2.18. The highest BCUT2D eigenvalue weighted by molar-refractivity contribution is 5.69. The molecule has 0 aliphatic heterocycles. The van der Waals surface area contributed by atoms with Crippen molar-refractivity contribution in [3.63, 3.8) is 0 Å². The van der Waals surface area contributed by atoms with E-state index in [9.17, 15) is 4.79 Å². The maximum Gasteiger partial charge on any atom is 0.274 e. The van der Waals surface area contributed by atoms with Crippen LogP contribution >= 0.6 is 0 Å². The van der Waals surface area contributed by atoms with Crippen molar-refractivity contribution in [1.82, 2.24) is 9.78 Å². The van der Waals surface area contributed by atoms with Gasteiger partial charge in [-0.2, -0.15) is 5.10 Å². The first-order chi connectivity index (χ1) is 9.75. The van der Waals surface area contributed by atoms with Crippen LogP contribution in [0.25, 0.3) is 22.4 Å². The first-order valence-electron chi connectivity index (χ1n) is 6.45. The van der Waals surface area contributed by atoms with E-state index in [1.165, 1.54) is 4.68 Å². The zero-order valence-electron chi connectivity index (χ0n) is 11.2. The molecule has 2 aromatic carbocycles. The Labute approximate surface area is 117 Å². The Morgan fingerprint density at radius 2 is 1.40 bits per heavy atom. The molecule has 0 aliphatic carbocycles. The minimum absolute atomic E-state index is 0.0871. The Balaban J connectivity index is 2.22. The van der Waals surface area contributed by atoms with Crippen LogP contribution in [0.15, 0.2) is 71.5 Å². The van der Waals surface area contributed by atoms with Crippen LogP contribution in [-0.4, -0.2) is 9.78 Å². The van der Waals surface area contributed by atoms with Crippen molar-refractivity contribution in [3.05, 3.63) is 77.1 Å². The SMILES string of the molecule is Cn1nc(-c2ccccc2)cc(-c2ccccc2)c1=O. The molecule has 0 amide bonds. The number of hydrogen-bond donors (Lipinski definition) is 0. The van der Waals surface area contributed by atoms with Gasteiger partial charge in [-0.1, -0.05) is 60.7 Å². The number of nitrogens with zero attached hydrogens (tertiary/aromatic N) is 2. The van der Waals surface area contributed by atoms with E-state index in [0.717, 1.165) is 16.8 Å². The van der Waals surface area contributed by atoms with Gasteiger partial charge in [-0.25, -0.2) is 4.68 Å². The van der Waals surface area contributed by atoms with Crippen LogP contribution < -0.4 is 5.56 Å². The number of rotatable bonds is 2. The van der Waals surface area contributed by atoms with E-state index < -0.39 is 0 Å². The molecule has 1 aromatic heterocycles. The Hall–Kier alpha value is -2.68. The summed E-state index contributed by atoms with van der Waals surface area (Å²) in [4.78, 5) is 12.3. The molecule has 1 heterocycles. The van der Waals surface area contributed by atoms with Gasteiger partial charge in [-0.05, 0) is 11.6 Å². The Kier molecular flexibility index (Phi) is 3.17. The lowest BCUT2D eigenvalue weighted by Gasteiger charge is -2.07. The van der Waals surface area contributed by atoms with Crippen molar-refractivity contribution < 1.29 is 0 Å². The summed E-state index contributed by atoms with van der Waals surface area (Å²) >= 11 is 0. The zero-order chi connectivity index (χ0) is 13.9. The molecule has 98 valence electrons. The average Bonchev–Trinajstić information content (AvgIpc) is 2.51. The summed E-state index contributed by atoms with van der Waals surface area (Å²) in [6.45, 7) is 0. The fraction of sp³-hybridized carbons (Fsp3) is 0.0588. The van der Waals surface area contributed by atoms with E-state index >= 15 is 0 Å². The van der Waals surface area contributed by atoms with E-state index in [1.807, 2.05) is 66.7 Å². The highest BCUT2D eigenvalue weighted by Gasteiger charge is 2.09. The second kappa shape index (κ2) is 5.13. The summed E-state index contributed by atoms with van der Waals surface area (Å²) in [5.74, 6) is 0. The van der Waals surface area contributed by atoms with Crippen LogP contribution in [0.1, 0.15) is 0 Å². The molecule has 0 atom stereocenters. The monoisotopic (exact) mass is 262 g/mol. The van der Waals surface area contributed by atoms with Gasteiger partial charge in [0.15, 0.2) is 0 Å². The molecule has 0 N–H and O–H groups in total. The summed E-state index contributed by atoms with van der Waals surface area (Å²) in [6.07, 6.45) is 0. The summed E-state index contributed by atoms with van der Waals surface area (Å²) < 4.78 is 1.39. The molecule has 3 aromatic rings. The molecular formula is C17H14N2O. The van der Waals surface area contributed by atoms with Crippen LogP contribution in [0.5, 0.6) is 0 Å². The average molecular weight is 262 g/mol. The lowest BCUT2D eigenvalue weighted by Crippen LogP contribution is -2.21. The van der Waals surface area contributed by atoms with Crippen LogP contribution in [0.3, 0.4) is 0 Å². The number of benzene rings is 2. The van der Waals surface area contributed by atoms with Gasteiger partial charge in [0.2, 0.25) is 0 Å². The highest BCUT2D eigenvalue weighted by atomic mass is 16.1. The maximum atomic E-state index is 12.3. The maximum absolute atomic E-state index is 12.3. The van der Waals surface area contributed by atoms with Crippen LogP contribution in [0, 0.1) is 0 Å². The van der Waals surface area contributed by atoms with E-state index in [2.05, 4.69) is 5.10 Å². The minimum atomic E-state index is -0.0871. The van der Waals surface area contributed by atoms with Crippen molar-refractivity contribution in [2.75, 3.05) is 0 Å². The third kappa shape index (κ3) is 2.26. The summed E-state index contributed by atoms with van der Waals surface area (Å²) in [6, 6.07) is 21.4. The lowest BCUT2D eigenvalue weighted by molar-refractivity contribution is 0.714. The first kappa shape index (κ1) is 12.4. The van der Waals surface area contributed by atoms with E-state index in [0.29, 0.717) is 5.56 Å². The molecule has 0 fully saturated rings. The smallest absolute Gasteiger partial charge is 0.267 e. The highest BCUT2D eigenvalue weighted by Crippen LogP contribution is 2.21. The number of hydrogen-bond acceptors (Lipinski definition) is 2. The molecule has 3 rings (SSSR count). The second-order valence-corrected chi connectivity index (χ2v) is 4.60. The van der Waals surface area contributed by atoms with Crippen molar-refractivity contribution in [3.8, 4) is 22.4 Å². The topological polar surface area (TPSA) is 34.9 Å². The fourth-order valence-corrected chi connectivity index (χ4v) is 2.18. The van der Waals surface area contributed by atoms with Crippen LogP contribution in [-0.2, 0) is 7.05 Å². The molecule has 0 spiro atoms. The molecule has 0 bridgehead atoms. The predicted octanol–water partition coefficient (Wildman–Crippen LogP) is 3.11. The summed E-state index contributed by atoms with van der Waals surface area (Å²) in [7, 11) is 1.68. The number of aryl methyl sites for hydroxylation is 1. The Morgan fingerprint density at radius 3 is 2.00 bits per heavy atom. The van der Waals surface area contributed by atoms with Gasteiger partial charge in [0.25, 0.3) is 5.56 Å². The molecule has 0 radical (unpaired) electrons. The van der Waals surface area contributed by atoms with Gasteiger partial charge < -0.3 is 0 Å². The molecular weight excluding hydrogens is 248 g/mol. The molecule has 0 aliphatic rings. The molecule has 0 saturated heterocycles. The third-order valence-electron chi connectivity index (χ3n) is 3.22. The van der Waals surface area contributed by atoms with Gasteiger partial charge in [0.1, 0.15) is 0 Å². The van der Waals surface area contributed by atoms with Crippen molar-refractivity contribution in [1.29, 1.82) is 0 Å². The van der Waals surface area contributed by atoms with Crippen molar-refractivity contribution in [2.45, 2.75) is 0 Å². The van der Waals surface area contributed by atoms with Crippen LogP contribution in [0.4, 0.5) is 0 Å². The van der Waals surface area contributed by atoms with Crippen LogP contribution in [0.2, 0.25) is 0 Å². The predicted molar refractivity (Wildman–Crippen MR) is 80.4 cm³/mol. The molecule has 0 saturated carbocycles. The van der Waals surface area contributed by atoms with E-state index in [-0.39, 0.29) is 5.56 Å². The quantitative estimate of drug-likeness (QED) is 0.711. The largest absolute Gasteiger partial charge is 0.274 e. The normalized spacial score (nSPS) is 10.4. The molecule has 0 unspecified atom stereocenters. The first-order valence-corrected chi connectivity index (χ1v) is 6.45. The van der Waals surface area contributed by atoms with Gasteiger partial charge in [0, 0.05) is 12.6 Å². The van der Waals surface area contributed by atoms with Gasteiger partial charge in [0.05, 0.1) is 11.3 Å². The van der Waals surface area contributed by atoms with Crippen molar-refractivity contribution >= 4 is 0 Å². The standard InChI is InChI=1S/C17H14N2O/c1-19-17(20)15(13-8-4-2-5-9-13)12-16(18-19)14-10-6-3-7-11-14/h2-12H,1H3. The summed E-state index contributed by atoms with van der Waals surface area (Å²) in [5.41, 5.74) is 3.29. The Morgan fingerprint density at radius 1 is 0.850 bits per heavy atom. The lowest BCUT2D eigenvalue weighted by atomic mass is 10.0. The molecule has 20 heavy (non-hydrogen) atoms. The molecule has 3 nitrogen and oxygen atoms in total. The third-order valence-corrected chi connectivity index (χ3v) is 3.22. The van der Waals surface area contributed by atoms with E-state index in [1.54, 1.807) is 7.05 Å². The van der Waals surface area contributed by atoms with E-state index in [4.69, 9.17) is 0 Å². The summed E-state index contributed by atoms with van der Waals surface area (Å²) in [5, 5.41) is 4.33. The van der Waals surface area contributed by atoms with Gasteiger partial charge in [-0.3, -0.25) is 4.79 Å². The molecule has 3 heteroatoms. The van der Waals surface area contributed by atoms with Gasteiger partial charge >= 0.3 is 0 Å². The zero-order valence-corrected chi connectivity index (χ0v) is 11.2. The second-order valence-electron chi connectivity index (χ2n) is 4.60. The number of aromatic nitrogens is 2. The minimum Gasteiger partial charge on any atom is -0.267 e. The van der Waals surface area contributed by atoms with Gasteiger partial charge in [-0.15, -0.1) is 0 Å². The Bertz CT molecular complexity index is 777. The van der Waals surface area contributed by atoms with Crippen molar-refractivity contribution in [2.24, 2.45) is 7.05 Å².